The van der Waals surface area contributed by atoms with Crippen LogP contribution in [0.25, 0.3) is 10.9 Å². The Labute approximate surface area is 124 Å². The highest BCUT2D eigenvalue weighted by atomic mass is 16.5. The van der Waals surface area contributed by atoms with Crippen LogP contribution in [-0.4, -0.2) is 37.2 Å². The van der Waals surface area contributed by atoms with E-state index in [2.05, 4.69) is 15.6 Å². The number of hydrogen-bond acceptors (Lipinski definition) is 4. The summed E-state index contributed by atoms with van der Waals surface area (Å²) in [6.45, 7) is 5.00. The molecule has 1 atom stereocenters. The number of anilines is 1. The van der Waals surface area contributed by atoms with Crippen molar-refractivity contribution in [1.29, 1.82) is 0 Å². The molecule has 0 saturated carbocycles. The first-order valence-electron chi connectivity index (χ1n) is 7.13. The van der Waals surface area contributed by atoms with E-state index in [1.165, 1.54) is 0 Å². The molecule has 5 heteroatoms. The Hall–Kier alpha value is -2.14. The van der Waals surface area contributed by atoms with Gasteiger partial charge in [0.05, 0.1) is 17.2 Å². The minimum absolute atomic E-state index is 0.00387. The van der Waals surface area contributed by atoms with Crippen LogP contribution in [0.3, 0.4) is 0 Å². The van der Waals surface area contributed by atoms with Crippen LogP contribution in [0.2, 0.25) is 0 Å². The zero-order valence-corrected chi connectivity index (χ0v) is 12.6. The lowest BCUT2D eigenvalue weighted by Crippen LogP contribution is -2.32. The van der Waals surface area contributed by atoms with Gasteiger partial charge in [-0.2, -0.15) is 0 Å². The van der Waals surface area contributed by atoms with Crippen molar-refractivity contribution in [3.63, 3.8) is 0 Å². The van der Waals surface area contributed by atoms with E-state index in [0.29, 0.717) is 24.5 Å². The van der Waals surface area contributed by atoms with Crippen molar-refractivity contribution in [2.75, 3.05) is 25.5 Å². The second-order valence-electron chi connectivity index (χ2n) is 4.80. The van der Waals surface area contributed by atoms with Gasteiger partial charge in [-0.1, -0.05) is 18.2 Å². The minimum atomic E-state index is -0.114. The standard InChI is InChI=1S/C16H21N3O2/c1-4-21-11(2)10-18-16(20)13-9-15(17-3)19-14-8-6-5-7-12(13)14/h5-9,11H,4,10H2,1-3H3,(H,17,19)(H,18,20). The predicted molar refractivity (Wildman–Crippen MR) is 84.7 cm³/mol. The zero-order chi connectivity index (χ0) is 15.2. The maximum atomic E-state index is 12.4. The summed E-state index contributed by atoms with van der Waals surface area (Å²) in [5.41, 5.74) is 1.42. The van der Waals surface area contributed by atoms with Gasteiger partial charge in [-0.3, -0.25) is 4.79 Å². The molecule has 1 amide bonds. The van der Waals surface area contributed by atoms with Gasteiger partial charge in [-0.15, -0.1) is 0 Å². The molecule has 0 spiro atoms. The number of aromatic nitrogens is 1. The van der Waals surface area contributed by atoms with E-state index < -0.39 is 0 Å². The molecule has 1 aromatic carbocycles. The maximum Gasteiger partial charge on any atom is 0.252 e. The predicted octanol–water partition coefficient (Wildman–Crippen LogP) is 2.43. The van der Waals surface area contributed by atoms with Gasteiger partial charge in [0.2, 0.25) is 0 Å². The molecule has 0 radical (unpaired) electrons. The molecule has 0 aliphatic carbocycles. The zero-order valence-electron chi connectivity index (χ0n) is 12.6. The summed E-state index contributed by atoms with van der Waals surface area (Å²) in [5.74, 6) is 0.563. The molecule has 2 aromatic rings. The molecule has 1 unspecified atom stereocenters. The second kappa shape index (κ2) is 7.04. The summed E-state index contributed by atoms with van der Waals surface area (Å²) in [6.07, 6.45) is -0.00387. The Bertz CT molecular complexity index is 628. The number of rotatable bonds is 6. The lowest BCUT2D eigenvalue weighted by atomic mass is 10.1. The van der Waals surface area contributed by atoms with Crippen LogP contribution in [0.4, 0.5) is 5.82 Å². The van der Waals surface area contributed by atoms with Gasteiger partial charge in [-0.05, 0) is 26.0 Å². The molecule has 21 heavy (non-hydrogen) atoms. The van der Waals surface area contributed by atoms with Gasteiger partial charge in [0, 0.05) is 25.6 Å². The van der Waals surface area contributed by atoms with E-state index in [1.54, 1.807) is 13.1 Å². The highest BCUT2D eigenvalue weighted by Gasteiger charge is 2.13. The Balaban J connectivity index is 2.25. The van der Waals surface area contributed by atoms with Gasteiger partial charge in [0.15, 0.2) is 0 Å². The number of hydrogen-bond donors (Lipinski definition) is 2. The average Bonchev–Trinajstić information content (AvgIpc) is 2.51. The molecule has 2 N–H and O–H groups in total. The Kier molecular flexibility index (Phi) is 5.11. The molecule has 0 aliphatic rings. The van der Waals surface area contributed by atoms with Gasteiger partial charge < -0.3 is 15.4 Å². The first-order chi connectivity index (χ1) is 10.2. The molecular formula is C16H21N3O2. The fourth-order valence-corrected chi connectivity index (χ4v) is 2.17. The van der Waals surface area contributed by atoms with Crippen LogP contribution in [0.1, 0.15) is 24.2 Å². The van der Waals surface area contributed by atoms with E-state index in [4.69, 9.17) is 4.74 Å². The third kappa shape index (κ3) is 3.70. The molecule has 5 nitrogen and oxygen atoms in total. The van der Waals surface area contributed by atoms with Crippen LogP contribution in [0.15, 0.2) is 30.3 Å². The van der Waals surface area contributed by atoms with Crippen molar-refractivity contribution in [3.8, 4) is 0 Å². The SMILES string of the molecule is CCOC(C)CNC(=O)c1cc(NC)nc2ccccc12. The van der Waals surface area contributed by atoms with Crippen LogP contribution in [-0.2, 0) is 4.74 Å². The number of nitrogens with one attached hydrogen (secondary N) is 2. The molecule has 112 valence electrons. The van der Waals surface area contributed by atoms with Crippen LogP contribution >= 0.6 is 0 Å². The number of ether oxygens (including phenoxy) is 1. The van der Waals surface area contributed by atoms with Gasteiger partial charge in [0.25, 0.3) is 5.91 Å². The second-order valence-corrected chi connectivity index (χ2v) is 4.80. The van der Waals surface area contributed by atoms with E-state index >= 15 is 0 Å². The fourth-order valence-electron chi connectivity index (χ4n) is 2.17. The number of pyridine rings is 1. The number of amides is 1. The van der Waals surface area contributed by atoms with Crippen molar-refractivity contribution < 1.29 is 9.53 Å². The normalized spacial score (nSPS) is 12.1. The van der Waals surface area contributed by atoms with Gasteiger partial charge >= 0.3 is 0 Å². The van der Waals surface area contributed by atoms with Gasteiger partial charge in [0.1, 0.15) is 5.82 Å². The first-order valence-corrected chi connectivity index (χ1v) is 7.13. The van der Waals surface area contributed by atoms with Crippen LogP contribution in [0.5, 0.6) is 0 Å². The summed E-state index contributed by atoms with van der Waals surface area (Å²) in [5, 5.41) is 6.74. The highest BCUT2D eigenvalue weighted by molar-refractivity contribution is 6.06. The number of fused-ring (bicyclic) bond motifs is 1. The summed E-state index contributed by atoms with van der Waals surface area (Å²) in [4.78, 5) is 16.9. The maximum absolute atomic E-state index is 12.4. The monoisotopic (exact) mass is 287 g/mol. The summed E-state index contributed by atoms with van der Waals surface area (Å²) >= 11 is 0. The molecule has 1 heterocycles. The Morgan fingerprint density at radius 2 is 2.14 bits per heavy atom. The van der Waals surface area contributed by atoms with Gasteiger partial charge in [-0.25, -0.2) is 4.98 Å². The minimum Gasteiger partial charge on any atom is -0.377 e. The van der Waals surface area contributed by atoms with Crippen LogP contribution < -0.4 is 10.6 Å². The van der Waals surface area contributed by atoms with Crippen molar-refractivity contribution in [1.82, 2.24) is 10.3 Å². The number of carbonyl (C=O) groups is 1. The third-order valence-corrected chi connectivity index (χ3v) is 3.22. The van der Waals surface area contributed by atoms with E-state index in [1.807, 2.05) is 38.1 Å². The third-order valence-electron chi connectivity index (χ3n) is 3.22. The van der Waals surface area contributed by atoms with Crippen molar-refractivity contribution in [2.24, 2.45) is 0 Å². The highest BCUT2D eigenvalue weighted by Crippen LogP contribution is 2.20. The Morgan fingerprint density at radius 1 is 1.38 bits per heavy atom. The fraction of sp³-hybridized carbons (Fsp3) is 0.375. The first kappa shape index (κ1) is 15.3. The lowest BCUT2D eigenvalue weighted by molar-refractivity contribution is 0.0695. The molecular weight excluding hydrogens is 266 g/mol. The lowest BCUT2D eigenvalue weighted by Gasteiger charge is -2.14. The number of para-hydroxylation sites is 1. The largest absolute Gasteiger partial charge is 0.377 e. The smallest absolute Gasteiger partial charge is 0.252 e. The van der Waals surface area contributed by atoms with E-state index in [-0.39, 0.29) is 12.0 Å². The van der Waals surface area contributed by atoms with Crippen molar-refractivity contribution in [2.45, 2.75) is 20.0 Å². The quantitative estimate of drug-likeness (QED) is 0.856. The molecule has 0 bridgehead atoms. The molecule has 0 saturated heterocycles. The topological polar surface area (TPSA) is 63.2 Å². The molecule has 0 fully saturated rings. The summed E-state index contributed by atoms with van der Waals surface area (Å²) in [7, 11) is 1.79. The number of nitrogens with zero attached hydrogens (tertiary/aromatic N) is 1. The van der Waals surface area contributed by atoms with E-state index in [0.717, 1.165) is 10.9 Å². The van der Waals surface area contributed by atoms with Crippen molar-refractivity contribution in [3.05, 3.63) is 35.9 Å². The Morgan fingerprint density at radius 3 is 2.86 bits per heavy atom. The van der Waals surface area contributed by atoms with Crippen molar-refractivity contribution >= 4 is 22.6 Å². The van der Waals surface area contributed by atoms with E-state index in [9.17, 15) is 4.79 Å². The van der Waals surface area contributed by atoms with Crippen LogP contribution in [0, 0.1) is 0 Å². The number of carbonyl (C=O) groups excluding carboxylic acids is 1. The summed E-state index contributed by atoms with van der Waals surface area (Å²) in [6, 6.07) is 9.39. The molecule has 1 aromatic heterocycles. The number of benzene rings is 1. The summed E-state index contributed by atoms with van der Waals surface area (Å²) < 4.78 is 5.42. The molecule has 2 rings (SSSR count). The average molecular weight is 287 g/mol. The molecule has 0 aliphatic heterocycles.